The Morgan fingerprint density at radius 3 is 2.57 bits per heavy atom. The van der Waals surface area contributed by atoms with Crippen molar-refractivity contribution in [3.05, 3.63) is 35.4 Å². The maximum Gasteiger partial charge on any atom is 0.416 e. The van der Waals surface area contributed by atoms with Gasteiger partial charge in [0.1, 0.15) is 11.6 Å². The number of anilines is 1. The van der Waals surface area contributed by atoms with Gasteiger partial charge in [0.25, 0.3) is 0 Å². The molecule has 2 atom stereocenters. The van der Waals surface area contributed by atoms with Crippen molar-refractivity contribution < 1.29 is 23.4 Å². The summed E-state index contributed by atoms with van der Waals surface area (Å²) in [6, 6.07) is 4.93. The van der Waals surface area contributed by atoms with Crippen LogP contribution in [-0.4, -0.2) is 57.6 Å². The summed E-state index contributed by atoms with van der Waals surface area (Å²) in [5.74, 6) is 0.0168. The van der Waals surface area contributed by atoms with Crippen molar-refractivity contribution in [2.75, 3.05) is 25.5 Å². The molecular weight excluding hydrogens is 373 g/mol. The molecule has 152 valence electrons. The Kier molecular flexibility index (Phi) is 5.76. The highest BCUT2D eigenvalue weighted by Gasteiger charge is 2.32. The standard InChI is InChI=1S/C19H23F3N4O2/c1-11-8-12(19(20,21)22)9-16(28)18(11)14-5-6-17(25-24-14)23-13-4-3-7-26(2)15(13)10-27/h5-6,8-9,13,15,27-28H,3-4,7,10H2,1-2H3,(H,23,25)/t13-,15+/m1/s1. The van der Waals surface area contributed by atoms with Crippen molar-refractivity contribution in [1.82, 2.24) is 15.1 Å². The third kappa shape index (κ3) is 4.20. The van der Waals surface area contributed by atoms with Gasteiger partial charge in [0.15, 0.2) is 0 Å². The van der Waals surface area contributed by atoms with Crippen LogP contribution in [0.1, 0.15) is 24.0 Å². The van der Waals surface area contributed by atoms with Crippen molar-refractivity contribution >= 4 is 5.82 Å². The second-order valence-electron chi connectivity index (χ2n) is 7.11. The summed E-state index contributed by atoms with van der Waals surface area (Å²) in [5, 5.41) is 31.1. The number of nitrogens with zero attached hydrogens (tertiary/aromatic N) is 3. The smallest absolute Gasteiger partial charge is 0.416 e. The van der Waals surface area contributed by atoms with E-state index in [9.17, 15) is 23.4 Å². The summed E-state index contributed by atoms with van der Waals surface area (Å²) in [6.07, 6.45) is -2.65. The van der Waals surface area contributed by atoms with Gasteiger partial charge in [0, 0.05) is 11.6 Å². The van der Waals surface area contributed by atoms with E-state index in [0.717, 1.165) is 25.5 Å². The molecule has 28 heavy (non-hydrogen) atoms. The number of aliphatic hydroxyl groups is 1. The first-order valence-corrected chi connectivity index (χ1v) is 9.03. The number of aromatic nitrogens is 2. The Morgan fingerprint density at radius 2 is 2.00 bits per heavy atom. The van der Waals surface area contributed by atoms with E-state index in [4.69, 9.17) is 0 Å². The normalized spacial score (nSPS) is 20.9. The van der Waals surface area contributed by atoms with Gasteiger partial charge < -0.3 is 15.5 Å². The fourth-order valence-corrected chi connectivity index (χ4v) is 3.66. The summed E-state index contributed by atoms with van der Waals surface area (Å²) in [7, 11) is 1.96. The van der Waals surface area contributed by atoms with Crippen molar-refractivity contribution in [1.29, 1.82) is 0 Å². The molecule has 9 heteroatoms. The molecule has 3 N–H and O–H groups in total. The van der Waals surface area contributed by atoms with Gasteiger partial charge in [-0.3, -0.25) is 4.90 Å². The number of rotatable bonds is 4. The maximum atomic E-state index is 12.9. The number of aryl methyl sites for hydroxylation is 1. The third-order valence-corrected chi connectivity index (χ3v) is 5.14. The van der Waals surface area contributed by atoms with Crippen LogP contribution in [0.15, 0.2) is 24.3 Å². The van der Waals surface area contributed by atoms with Crippen LogP contribution in [0.5, 0.6) is 5.75 Å². The Labute approximate surface area is 161 Å². The summed E-state index contributed by atoms with van der Waals surface area (Å²) in [4.78, 5) is 2.09. The van der Waals surface area contributed by atoms with Crippen LogP contribution in [0, 0.1) is 6.92 Å². The Bertz CT molecular complexity index is 804. The highest BCUT2D eigenvalue weighted by molar-refractivity contribution is 5.71. The molecule has 2 heterocycles. The topological polar surface area (TPSA) is 81.5 Å². The molecule has 1 aromatic carbocycles. The zero-order valence-electron chi connectivity index (χ0n) is 15.7. The predicted octanol–water partition coefficient (Wildman–Crippen LogP) is 3.04. The van der Waals surface area contributed by atoms with Gasteiger partial charge in [-0.1, -0.05) is 0 Å². The monoisotopic (exact) mass is 396 g/mol. The number of alkyl halides is 3. The van der Waals surface area contributed by atoms with E-state index >= 15 is 0 Å². The highest BCUT2D eigenvalue weighted by atomic mass is 19.4. The van der Waals surface area contributed by atoms with E-state index < -0.39 is 17.5 Å². The average Bonchev–Trinajstić information content (AvgIpc) is 2.62. The lowest BCUT2D eigenvalue weighted by Crippen LogP contribution is -2.51. The number of aromatic hydroxyl groups is 1. The van der Waals surface area contributed by atoms with Crippen molar-refractivity contribution in [3.63, 3.8) is 0 Å². The first kappa shape index (κ1) is 20.3. The SMILES string of the molecule is Cc1cc(C(F)(F)F)cc(O)c1-c1ccc(N[C@@H]2CCCN(C)[C@H]2CO)nn1. The number of phenolic OH excluding ortho intramolecular Hbond substituents is 1. The number of halogens is 3. The lowest BCUT2D eigenvalue weighted by Gasteiger charge is -2.38. The maximum absolute atomic E-state index is 12.9. The molecular formula is C19H23F3N4O2. The number of phenols is 1. The average molecular weight is 396 g/mol. The number of aliphatic hydroxyl groups excluding tert-OH is 1. The molecule has 2 aromatic rings. The molecule has 0 bridgehead atoms. The van der Waals surface area contributed by atoms with Crippen molar-refractivity contribution in [2.45, 2.75) is 38.0 Å². The Balaban J connectivity index is 1.81. The van der Waals surface area contributed by atoms with Crippen molar-refractivity contribution in [2.24, 2.45) is 0 Å². The van der Waals surface area contributed by atoms with Crippen LogP contribution < -0.4 is 5.32 Å². The molecule has 0 radical (unpaired) electrons. The molecule has 0 amide bonds. The number of likely N-dealkylation sites (N-methyl/N-ethyl adjacent to an activating group) is 1. The summed E-state index contributed by atoms with van der Waals surface area (Å²) < 4.78 is 38.6. The molecule has 0 aliphatic carbocycles. The number of hydrogen-bond acceptors (Lipinski definition) is 6. The van der Waals surface area contributed by atoms with Gasteiger partial charge in [-0.25, -0.2) is 0 Å². The van der Waals surface area contributed by atoms with Crippen LogP contribution in [0.3, 0.4) is 0 Å². The van der Waals surface area contributed by atoms with E-state index in [2.05, 4.69) is 20.4 Å². The number of piperidine rings is 1. The third-order valence-electron chi connectivity index (χ3n) is 5.14. The molecule has 0 unspecified atom stereocenters. The second-order valence-corrected chi connectivity index (χ2v) is 7.11. The van der Waals surface area contributed by atoms with Crippen LogP contribution in [-0.2, 0) is 6.18 Å². The van der Waals surface area contributed by atoms with Crippen LogP contribution >= 0.6 is 0 Å². The van der Waals surface area contributed by atoms with Crippen LogP contribution in [0.25, 0.3) is 11.3 Å². The largest absolute Gasteiger partial charge is 0.507 e. The van der Waals surface area contributed by atoms with Gasteiger partial charge in [-0.2, -0.15) is 13.2 Å². The van der Waals surface area contributed by atoms with Crippen LogP contribution in [0.4, 0.5) is 19.0 Å². The zero-order valence-corrected chi connectivity index (χ0v) is 15.7. The van der Waals surface area contributed by atoms with Gasteiger partial charge in [0.2, 0.25) is 0 Å². The van der Waals surface area contributed by atoms with E-state index in [0.29, 0.717) is 11.9 Å². The number of hydrogen-bond donors (Lipinski definition) is 3. The minimum atomic E-state index is -4.53. The molecule has 1 aliphatic heterocycles. The van der Waals surface area contributed by atoms with Crippen LogP contribution in [0.2, 0.25) is 0 Å². The molecule has 0 saturated carbocycles. The molecule has 1 saturated heterocycles. The Hall–Kier alpha value is -2.39. The fraction of sp³-hybridized carbons (Fsp3) is 0.474. The van der Waals surface area contributed by atoms with Crippen molar-refractivity contribution in [3.8, 4) is 17.0 Å². The number of likely N-dealkylation sites (tertiary alicyclic amines) is 1. The van der Waals surface area contributed by atoms with E-state index in [1.54, 1.807) is 12.1 Å². The number of benzene rings is 1. The molecule has 3 rings (SSSR count). The molecule has 0 spiro atoms. The quantitative estimate of drug-likeness (QED) is 0.737. The lowest BCUT2D eigenvalue weighted by atomic mass is 9.97. The first-order chi connectivity index (χ1) is 13.2. The van der Waals surface area contributed by atoms with E-state index in [-0.39, 0.29) is 35.5 Å². The molecule has 1 fully saturated rings. The summed E-state index contributed by atoms with van der Waals surface area (Å²) >= 11 is 0. The van der Waals surface area contributed by atoms with Gasteiger partial charge >= 0.3 is 6.18 Å². The first-order valence-electron chi connectivity index (χ1n) is 9.03. The summed E-state index contributed by atoms with van der Waals surface area (Å²) in [5.41, 5.74) is -0.142. The van der Waals surface area contributed by atoms with Gasteiger partial charge in [-0.05, 0) is 63.2 Å². The second kappa shape index (κ2) is 7.92. The highest BCUT2D eigenvalue weighted by Crippen LogP contribution is 2.38. The molecule has 1 aromatic heterocycles. The van der Waals surface area contributed by atoms with Gasteiger partial charge in [0.05, 0.1) is 23.9 Å². The Morgan fingerprint density at radius 1 is 1.25 bits per heavy atom. The number of nitrogens with one attached hydrogen (secondary N) is 1. The predicted molar refractivity (Wildman–Crippen MR) is 99.0 cm³/mol. The summed E-state index contributed by atoms with van der Waals surface area (Å²) in [6.45, 7) is 2.43. The van der Waals surface area contributed by atoms with E-state index in [1.807, 2.05) is 7.05 Å². The van der Waals surface area contributed by atoms with Gasteiger partial charge in [-0.15, -0.1) is 10.2 Å². The van der Waals surface area contributed by atoms with E-state index in [1.165, 1.54) is 6.92 Å². The molecule has 1 aliphatic rings. The fourth-order valence-electron chi connectivity index (χ4n) is 3.66. The zero-order chi connectivity index (χ0) is 20.5. The molecule has 6 nitrogen and oxygen atoms in total. The minimum absolute atomic E-state index is 0.0186. The minimum Gasteiger partial charge on any atom is -0.507 e. The lowest BCUT2D eigenvalue weighted by molar-refractivity contribution is -0.137.